The van der Waals surface area contributed by atoms with Gasteiger partial charge in [0.1, 0.15) is 11.6 Å². The number of nitrogens with one attached hydrogen (secondary N) is 3. The summed E-state index contributed by atoms with van der Waals surface area (Å²) in [4.78, 5) is 24.0. The number of benzene rings is 1. The highest BCUT2D eigenvalue weighted by atomic mass is 19.1. The lowest BCUT2D eigenvalue weighted by molar-refractivity contribution is -0.862. The van der Waals surface area contributed by atoms with Crippen LogP contribution < -0.4 is 15.5 Å². The predicted molar refractivity (Wildman–Crippen MR) is 72.8 cm³/mol. The lowest BCUT2D eigenvalue weighted by Crippen LogP contribution is -3.11. The highest BCUT2D eigenvalue weighted by Crippen LogP contribution is 2.18. The Kier molecular flexibility index (Phi) is 4.85. The Hall–Kier alpha value is -2.02. The van der Waals surface area contributed by atoms with Gasteiger partial charge in [0.05, 0.1) is 12.7 Å². The minimum Gasteiger partial charge on any atom is -0.348 e. The van der Waals surface area contributed by atoms with Gasteiger partial charge in [-0.2, -0.15) is 0 Å². The molecule has 0 spiro atoms. The van der Waals surface area contributed by atoms with Crippen molar-refractivity contribution in [2.45, 2.75) is 18.9 Å². The van der Waals surface area contributed by atoms with Gasteiger partial charge in [0.2, 0.25) is 0 Å². The Morgan fingerprint density at radius 3 is 2.57 bits per heavy atom. The van der Waals surface area contributed by atoms with E-state index in [4.69, 9.17) is 0 Å². The molecule has 5 nitrogen and oxygen atoms in total. The van der Waals surface area contributed by atoms with E-state index in [1.165, 1.54) is 0 Å². The van der Waals surface area contributed by atoms with Crippen molar-refractivity contribution < 1.29 is 23.3 Å². The van der Waals surface area contributed by atoms with Crippen molar-refractivity contribution in [3.05, 3.63) is 29.8 Å². The summed E-state index contributed by atoms with van der Waals surface area (Å²) < 4.78 is 26.4. The van der Waals surface area contributed by atoms with Crippen molar-refractivity contribution in [1.82, 2.24) is 5.32 Å². The van der Waals surface area contributed by atoms with Crippen LogP contribution in [0.5, 0.6) is 0 Å². The molecule has 7 heteroatoms. The monoisotopic (exact) mass is 298 g/mol. The van der Waals surface area contributed by atoms with E-state index in [9.17, 15) is 18.4 Å². The first-order valence-corrected chi connectivity index (χ1v) is 6.79. The quantitative estimate of drug-likeness (QED) is 0.675. The molecule has 0 aliphatic heterocycles. The van der Waals surface area contributed by atoms with E-state index in [0.717, 1.165) is 31.0 Å². The van der Waals surface area contributed by atoms with Gasteiger partial charge < -0.3 is 15.5 Å². The van der Waals surface area contributed by atoms with Crippen LogP contribution in [0.1, 0.15) is 12.8 Å². The molecule has 0 aromatic heterocycles. The normalized spacial score (nSPS) is 15.4. The van der Waals surface area contributed by atoms with Crippen LogP contribution in [0, 0.1) is 11.6 Å². The Labute approximate surface area is 121 Å². The maximum Gasteiger partial charge on any atom is 0.279 e. The molecule has 0 bridgehead atoms. The van der Waals surface area contributed by atoms with Gasteiger partial charge in [0, 0.05) is 12.1 Å². The number of likely N-dealkylation sites (N-methyl/N-ethyl adjacent to an activating group) is 1. The molecule has 21 heavy (non-hydrogen) atoms. The summed E-state index contributed by atoms with van der Waals surface area (Å²) in [6, 6.07) is 3.12. The van der Waals surface area contributed by atoms with Crippen molar-refractivity contribution in [3.8, 4) is 0 Å². The minimum absolute atomic E-state index is 0.00591. The summed E-state index contributed by atoms with van der Waals surface area (Å²) in [6.07, 6.45) is 2.01. The number of amides is 2. The smallest absolute Gasteiger partial charge is 0.279 e. The van der Waals surface area contributed by atoms with E-state index in [0.29, 0.717) is 4.90 Å². The van der Waals surface area contributed by atoms with E-state index in [1.807, 2.05) is 0 Å². The van der Waals surface area contributed by atoms with Gasteiger partial charge in [0.25, 0.3) is 11.8 Å². The van der Waals surface area contributed by atoms with E-state index >= 15 is 0 Å². The third kappa shape index (κ3) is 5.11. The van der Waals surface area contributed by atoms with Crippen LogP contribution in [0.2, 0.25) is 0 Å². The molecule has 114 valence electrons. The fourth-order valence-electron chi connectivity index (χ4n) is 1.90. The van der Waals surface area contributed by atoms with E-state index in [-0.39, 0.29) is 30.7 Å². The van der Waals surface area contributed by atoms with E-state index < -0.39 is 17.5 Å². The molecule has 1 saturated carbocycles. The van der Waals surface area contributed by atoms with Gasteiger partial charge in [-0.15, -0.1) is 0 Å². The lowest BCUT2D eigenvalue weighted by Gasteiger charge is -2.13. The van der Waals surface area contributed by atoms with Crippen molar-refractivity contribution in [3.63, 3.8) is 0 Å². The van der Waals surface area contributed by atoms with Gasteiger partial charge in [0.15, 0.2) is 13.1 Å². The molecule has 3 N–H and O–H groups in total. The van der Waals surface area contributed by atoms with Gasteiger partial charge in [-0.05, 0) is 25.0 Å². The van der Waals surface area contributed by atoms with Crippen LogP contribution in [0.3, 0.4) is 0 Å². The van der Waals surface area contributed by atoms with Gasteiger partial charge in [-0.25, -0.2) is 8.78 Å². The molecule has 0 radical (unpaired) electrons. The first kappa shape index (κ1) is 15.4. The number of hydrogen-bond donors (Lipinski definition) is 3. The Balaban J connectivity index is 1.80. The average Bonchev–Trinajstić information content (AvgIpc) is 3.17. The number of halogens is 2. The van der Waals surface area contributed by atoms with Crippen molar-refractivity contribution in [2.24, 2.45) is 0 Å². The minimum atomic E-state index is -0.700. The molecule has 1 unspecified atom stereocenters. The van der Waals surface area contributed by atoms with Crippen molar-refractivity contribution in [2.75, 3.05) is 25.5 Å². The zero-order valence-electron chi connectivity index (χ0n) is 11.7. The highest BCUT2D eigenvalue weighted by Gasteiger charge is 2.25. The van der Waals surface area contributed by atoms with Gasteiger partial charge >= 0.3 is 0 Å². The maximum absolute atomic E-state index is 13.4. The van der Waals surface area contributed by atoms with E-state index in [1.54, 1.807) is 7.05 Å². The molecule has 0 saturated heterocycles. The largest absolute Gasteiger partial charge is 0.348 e. The van der Waals surface area contributed by atoms with Gasteiger partial charge in [-0.1, -0.05) is 0 Å². The third-order valence-electron chi connectivity index (χ3n) is 3.07. The Morgan fingerprint density at radius 1 is 1.24 bits per heavy atom. The Morgan fingerprint density at radius 2 is 1.90 bits per heavy atom. The maximum atomic E-state index is 13.4. The van der Waals surface area contributed by atoms with Crippen LogP contribution >= 0.6 is 0 Å². The first-order valence-electron chi connectivity index (χ1n) is 6.79. The molecule has 1 atom stereocenters. The molecule has 1 aliphatic rings. The Bertz CT molecular complexity index is 547. The number of quaternary nitrogens is 1. The van der Waals surface area contributed by atoms with Crippen LogP contribution in [-0.2, 0) is 9.59 Å². The lowest BCUT2D eigenvalue weighted by atomic mass is 10.3. The predicted octanol–water partition coefficient (Wildman–Crippen LogP) is -0.303. The number of anilines is 1. The number of carbonyl (C=O) groups is 2. The molecule has 1 fully saturated rings. The topological polar surface area (TPSA) is 62.6 Å². The number of carbonyl (C=O) groups excluding carboxylic acids is 2. The molecule has 0 heterocycles. The molecule has 1 aromatic carbocycles. The molecule has 1 aromatic rings. The van der Waals surface area contributed by atoms with Crippen molar-refractivity contribution >= 4 is 17.5 Å². The average molecular weight is 298 g/mol. The van der Waals surface area contributed by atoms with Crippen LogP contribution in [0.15, 0.2) is 18.2 Å². The second kappa shape index (κ2) is 6.62. The molecular weight excluding hydrogens is 280 g/mol. The van der Waals surface area contributed by atoms with Crippen molar-refractivity contribution in [1.29, 1.82) is 0 Å². The van der Waals surface area contributed by atoms with Crippen LogP contribution in [-0.4, -0.2) is 38.0 Å². The van der Waals surface area contributed by atoms with Crippen LogP contribution in [0.4, 0.5) is 14.5 Å². The summed E-state index contributed by atoms with van der Waals surface area (Å²) in [5.74, 6) is -1.92. The second-order valence-corrected chi connectivity index (χ2v) is 5.32. The fraction of sp³-hybridized carbons (Fsp3) is 0.429. The number of hydrogen-bond acceptors (Lipinski definition) is 2. The zero-order chi connectivity index (χ0) is 15.4. The third-order valence-corrected chi connectivity index (χ3v) is 3.07. The summed E-state index contributed by atoms with van der Waals surface area (Å²) >= 11 is 0. The van der Waals surface area contributed by atoms with Crippen LogP contribution in [0.25, 0.3) is 0 Å². The van der Waals surface area contributed by atoms with E-state index in [2.05, 4.69) is 10.6 Å². The molecule has 2 rings (SSSR count). The van der Waals surface area contributed by atoms with Gasteiger partial charge in [-0.3, -0.25) is 9.59 Å². The number of rotatable bonds is 6. The molecule has 1 aliphatic carbocycles. The standard InChI is InChI=1S/C14H17F2N3O2/c1-19(7-13(20)17-10-3-4-10)8-14(21)18-12-6-9(15)2-5-11(12)16/h2,5-6,10H,3-4,7-8H2,1H3,(H,17,20)(H,18,21)/p+1. The molecular formula is C14H18F2N3O2+. The SMILES string of the molecule is C[NH+](CC(=O)Nc1cc(F)ccc1F)CC(=O)NC1CC1. The summed E-state index contributed by atoms with van der Waals surface area (Å²) in [7, 11) is 1.69. The second-order valence-electron chi connectivity index (χ2n) is 5.32. The highest BCUT2D eigenvalue weighted by molar-refractivity contribution is 5.91. The molecule has 2 amide bonds. The summed E-state index contributed by atoms with van der Waals surface area (Å²) in [6.45, 7) is 0.156. The first-order chi connectivity index (χ1) is 9.94. The fourth-order valence-corrected chi connectivity index (χ4v) is 1.90. The summed E-state index contributed by atoms with van der Waals surface area (Å²) in [5.41, 5.74) is -0.199. The summed E-state index contributed by atoms with van der Waals surface area (Å²) in [5, 5.41) is 5.13. The zero-order valence-corrected chi connectivity index (χ0v) is 11.7.